The molecule has 0 spiro atoms. The van der Waals surface area contributed by atoms with Crippen LogP contribution in [0.15, 0.2) is 0 Å². The van der Waals surface area contributed by atoms with Crippen LogP contribution in [0.4, 0.5) is 0 Å². The predicted octanol–water partition coefficient (Wildman–Crippen LogP) is -0.213. The molecule has 2 fully saturated rings. The molecule has 1 unspecified atom stereocenters. The Balaban J connectivity index is 2.12. The number of aliphatic hydroxyl groups excluding tert-OH is 1. The summed E-state index contributed by atoms with van der Waals surface area (Å²) in [6.45, 7) is 5.04. The molecule has 2 rings (SSSR count). The van der Waals surface area contributed by atoms with Crippen molar-refractivity contribution < 1.29 is 28.8 Å². The monoisotopic (exact) mass is 232 g/mol. The van der Waals surface area contributed by atoms with Crippen LogP contribution >= 0.6 is 0 Å². The van der Waals surface area contributed by atoms with Crippen LogP contribution in [-0.2, 0) is 23.7 Å². The minimum atomic E-state index is -1.16. The maximum Gasteiger partial charge on any atom is 0.303 e. The van der Waals surface area contributed by atoms with E-state index in [1.54, 1.807) is 13.8 Å². The number of aliphatic hydroxyl groups is 1. The van der Waals surface area contributed by atoms with E-state index in [9.17, 15) is 9.90 Å². The molecule has 16 heavy (non-hydrogen) atoms. The van der Waals surface area contributed by atoms with Crippen LogP contribution < -0.4 is 0 Å². The molecule has 6 heteroatoms. The predicted molar refractivity (Wildman–Crippen MR) is 51.3 cm³/mol. The van der Waals surface area contributed by atoms with E-state index in [4.69, 9.17) is 18.9 Å². The zero-order chi connectivity index (χ0) is 11.9. The molecule has 1 N–H and O–H groups in total. The molecule has 92 valence electrons. The summed E-state index contributed by atoms with van der Waals surface area (Å²) in [5, 5.41) is 9.60. The van der Waals surface area contributed by atoms with E-state index in [0.29, 0.717) is 0 Å². The van der Waals surface area contributed by atoms with Gasteiger partial charge >= 0.3 is 5.97 Å². The van der Waals surface area contributed by atoms with Crippen LogP contribution in [0.2, 0.25) is 0 Å². The molecule has 6 nitrogen and oxygen atoms in total. The number of carbonyl (C=O) groups is 1. The molecule has 2 aliphatic rings. The summed E-state index contributed by atoms with van der Waals surface area (Å²) in [6.07, 6.45) is -2.80. The average Bonchev–Trinajstić information content (AvgIpc) is 2.45. The second-order valence-corrected chi connectivity index (χ2v) is 4.44. The third-order valence-corrected chi connectivity index (χ3v) is 2.56. The molecule has 2 aliphatic heterocycles. The summed E-state index contributed by atoms with van der Waals surface area (Å²) in [7, 11) is 0. The van der Waals surface area contributed by atoms with Crippen molar-refractivity contribution in [3.63, 3.8) is 0 Å². The maximum absolute atomic E-state index is 10.9. The fourth-order valence-electron chi connectivity index (χ4n) is 2.04. The zero-order valence-electron chi connectivity index (χ0n) is 9.50. The molecule has 2 heterocycles. The Hall–Kier alpha value is -0.690. The zero-order valence-corrected chi connectivity index (χ0v) is 9.50. The van der Waals surface area contributed by atoms with E-state index in [1.165, 1.54) is 6.92 Å². The van der Waals surface area contributed by atoms with Crippen molar-refractivity contribution in [1.29, 1.82) is 0 Å². The number of rotatable bonds is 1. The van der Waals surface area contributed by atoms with Gasteiger partial charge in [0.05, 0.1) is 6.61 Å². The normalized spacial score (nSPS) is 41.5. The number of fused-ring (bicyclic) bond motifs is 1. The molecule has 0 radical (unpaired) electrons. The molecular formula is C10H16O6. The van der Waals surface area contributed by atoms with Crippen LogP contribution in [-0.4, -0.2) is 48.1 Å². The van der Waals surface area contributed by atoms with Gasteiger partial charge in [-0.05, 0) is 13.8 Å². The first-order valence-corrected chi connectivity index (χ1v) is 5.21. The second-order valence-electron chi connectivity index (χ2n) is 4.44. The van der Waals surface area contributed by atoms with Crippen LogP contribution in [0.25, 0.3) is 0 Å². The maximum atomic E-state index is 10.9. The van der Waals surface area contributed by atoms with Crippen molar-refractivity contribution in [3.8, 4) is 0 Å². The number of hydrogen-bond acceptors (Lipinski definition) is 6. The Bertz CT molecular complexity index is 289. The highest BCUT2D eigenvalue weighted by Crippen LogP contribution is 2.35. The second kappa shape index (κ2) is 3.96. The van der Waals surface area contributed by atoms with Gasteiger partial charge in [0.2, 0.25) is 0 Å². The minimum absolute atomic E-state index is 0.229. The molecule has 0 aromatic heterocycles. The highest BCUT2D eigenvalue weighted by molar-refractivity contribution is 5.66. The van der Waals surface area contributed by atoms with Gasteiger partial charge in [0, 0.05) is 6.92 Å². The first-order valence-electron chi connectivity index (χ1n) is 5.21. The lowest BCUT2D eigenvalue weighted by atomic mass is 10.1. The van der Waals surface area contributed by atoms with Gasteiger partial charge in [-0.1, -0.05) is 0 Å². The van der Waals surface area contributed by atoms with Crippen molar-refractivity contribution in [1.82, 2.24) is 0 Å². The van der Waals surface area contributed by atoms with E-state index in [1.807, 2.05) is 0 Å². The molecule has 0 aliphatic carbocycles. The van der Waals surface area contributed by atoms with Crippen molar-refractivity contribution in [2.24, 2.45) is 0 Å². The highest BCUT2D eigenvalue weighted by Gasteiger charge is 2.52. The lowest BCUT2D eigenvalue weighted by Crippen LogP contribution is -2.53. The standard InChI is InChI=1S/C10H16O6/c1-5(11)14-8-7-6(4-13-9(8)12)15-10(2,3)16-7/h6-9,12H,4H2,1-3H3/t6-,7-,8+,9?/m0/s1. The molecular weight excluding hydrogens is 216 g/mol. The van der Waals surface area contributed by atoms with Crippen molar-refractivity contribution in [2.45, 2.75) is 51.2 Å². The topological polar surface area (TPSA) is 74.2 Å². The summed E-state index contributed by atoms with van der Waals surface area (Å²) in [5.41, 5.74) is 0. The highest BCUT2D eigenvalue weighted by atomic mass is 16.8. The smallest absolute Gasteiger partial charge is 0.303 e. The van der Waals surface area contributed by atoms with E-state index in [0.717, 1.165) is 0 Å². The first-order chi connectivity index (χ1) is 7.39. The molecule has 2 saturated heterocycles. The molecule has 0 saturated carbocycles. The van der Waals surface area contributed by atoms with Gasteiger partial charge in [-0.25, -0.2) is 0 Å². The SMILES string of the molecule is CC(=O)O[C@H]1C(O)OC[C@@H]2OC(C)(C)O[C@@H]21. The van der Waals surface area contributed by atoms with Crippen LogP contribution in [0.1, 0.15) is 20.8 Å². The Morgan fingerprint density at radius 2 is 2.12 bits per heavy atom. The van der Waals surface area contributed by atoms with Crippen LogP contribution in [0, 0.1) is 0 Å². The van der Waals surface area contributed by atoms with Gasteiger partial charge in [-0.3, -0.25) is 4.79 Å². The minimum Gasteiger partial charge on any atom is -0.454 e. The number of esters is 1. The van der Waals surface area contributed by atoms with Crippen molar-refractivity contribution in [2.75, 3.05) is 6.61 Å². The van der Waals surface area contributed by atoms with Gasteiger partial charge in [0.1, 0.15) is 12.2 Å². The van der Waals surface area contributed by atoms with E-state index >= 15 is 0 Å². The van der Waals surface area contributed by atoms with Gasteiger partial charge in [-0.15, -0.1) is 0 Å². The molecule has 0 aromatic rings. The summed E-state index contributed by atoms with van der Waals surface area (Å²) < 4.78 is 21.2. The quantitative estimate of drug-likeness (QED) is 0.630. The molecule has 0 bridgehead atoms. The van der Waals surface area contributed by atoms with Crippen molar-refractivity contribution >= 4 is 5.97 Å². The van der Waals surface area contributed by atoms with Crippen molar-refractivity contribution in [3.05, 3.63) is 0 Å². The van der Waals surface area contributed by atoms with Crippen LogP contribution in [0.5, 0.6) is 0 Å². The summed E-state index contributed by atoms with van der Waals surface area (Å²) >= 11 is 0. The van der Waals surface area contributed by atoms with E-state index in [-0.39, 0.29) is 12.7 Å². The Kier molecular flexibility index (Phi) is 2.91. The number of hydrogen-bond donors (Lipinski definition) is 1. The molecule has 0 aromatic carbocycles. The van der Waals surface area contributed by atoms with Gasteiger partial charge in [-0.2, -0.15) is 0 Å². The molecule has 0 amide bonds. The lowest BCUT2D eigenvalue weighted by molar-refractivity contribution is -0.241. The van der Waals surface area contributed by atoms with Gasteiger partial charge in [0.15, 0.2) is 18.2 Å². The van der Waals surface area contributed by atoms with E-state index < -0.39 is 30.3 Å². The largest absolute Gasteiger partial charge is 0.454 e. The average molecular weight is 232 g/mol. The molecule has 4 atom stereocenters. The Morgan fingerprint density at radius 1 is 1.44 bits per heavy atom. The number of carbonyl (C=O) groups excluding carboxylic acids is 1. The first kappa shape index (κ1) is 11.8. The lowest BCUT2D eigenvalue weighted by Gasteiger charge is -2.34. The third kappa shape index (κ3) is 2.20. The van der Waals surface area contributed by atoms with E-state index in [2.05, 4.69) is 0 Å². The third-order valence-electron chi connectivity index (χ3n) is 2.56. The summed E-state index contributed by atoms with van der Waals surface area (Å²) in [4.78, 5) is 10.9. The number of ether oxygens (including phenoxy) is 4. The summed E-state index contributed by atoms with van der Waals surface area (Å²) in [5.74, 6) is -1.23. The van der Waals surface area contributed by atoms with Crippen LogP contribution in [0.3, 0.4) is 0 Å². The van der Waals surface area contributed by atoms with Gasteiger partial charge in [0.25, 0.3) is 0 Å². The fourth-order valence-corrected chi connectivity index (χ4v) is 2.04. The summed E-state index contributed by atoms with van der Waals surface area (Å²) in [6, 6.07) is 0. The van der Waals surface area contributed by atoms with Gasteiger partial charge < -0.3 is 24.1 Å². The fraction of sp³-hybridized carbons (Fsp3) is 0.900. The Labute approximate surface area is 93.4 Å². The Morgan fingerprint density at radius 3 is 2.75 bits per heavy atom.